The highest BCUT2D eigenvalue weighted by atomic mass is 79.9. The summed E-state index contributed by atoms with van der Waals surface area (Å²) in [4.78, 5) is 8.29. The first kappa shape index (κ1) is 12.5. The molecule has 2 atom stereocenters. The molecular formula is C12H9BrCl2N2O. The van der Waals surface area contributed by atoms with Crippen molar-refractivity contribution in [1.82, 2.24) is 9.97 Å². The summed E-state index contributed by atoms with van der Waals surface area (Å²) >= 11 is 15.1. The molecule has 1 saturated carbocycles. The number of hydrogen-bond donors (Lipinski definition) is 0. The first-order valence-electron chi connectivity index (χ1n) is 5.55. The second-order valence-corrected chi connectivity index (χ2v) is 5.97. The van der Waals surface area contributed by atoms with Crippen LogP contribution in [-0.2, 0) is 0 Å². The van der Waals surface area contributed by atoms with E-state index in [1.165, 1.54) is 6.42 Å². The van der Waals surface area contributed by atoms with Gasteiger partial charge in [-0.1, -0.05) is 30.1 Å². The highest BCUT2D eigenvalue weighted by Crippen LogP contribution is 2.48. The van der Waals surface area contributed by atoms with Gasteiger partial charge in [-0.2, -0.15) is 0 Å². The molecule has 2 unspecified atom stereocenters. The van der Waals surface area contributed by atoms with Gasteiger partial charge >= 0.3 is 0 Å². The molecule has 0 bridgehead atoms. The number of aromatic nitrogens is 2. The number of halogens is 3. The van der Waals surface area contributed by atoms with Crippen LogP contribution in [0.15, 0.2) is 21.0 Å². The highest BCUT2D eigenvalue weighted by molar-refractivity contribution is 9.10. The van der Waals surface area contributed by atoms with Crippen molar-refractivity contribution in [2.75, 3.05) is 0 Å². The van der Waals surface area contributed by atoms with Crippen LogP contribution in [0.5, 0.6) is 0 Å². The van der Waals surface area contributed by atoms with Crippen molar-refractivity contribution in [1.29, 1.82) is 0 Å². The van der Waals surface area contributed by atoms with Crippen LogP contribution < -0.4 is 0 Å². The average molecular weight is 348 g/mol. The topological polar surface area (TPSA) is 38.9 Å². The predicted octanol–water partition coefficient (Wildman–Crippen LogP) is 4.93. The van der Waals surface area contributed by atoms with Gasteiger partial charge in [-0.25, -0.2) is 9.97 Å². The molecule has 0 radical (unpaired) electrons. The summed E-state index contributed by atoms with van der Waals surface area (Å²) in [6.07, 6.45) is 1.18. The van der Waals surface area contributed by atoms with Crippen molar-refractivity contribution in [2.45, 2.75) is 19.3 Å². The average Bonchev–Trinajstić information content (AvgIpc) is 2.89. The van der Waals surface area contributed by atoms with Crippen LogP contribution in [0, 0.1) is 5.92 Å². The molecule has 0 aromatic carbocycles. The standard InChI is InChI=1S/C12H9BrCl2N2O/c1-5-4-6(5)7-2-3-8(18-7)12-16-10(14)9(13)11(15)17-12/h2-3,5-6H,4H2,1H3. The molecule has 0 spiro atoms. The van der Waals surface area contributed by atoms with Gasteiger partial charge in [0, 0.05) is 5.92 Å². The lowest BCUT2D eigenvalue weighted by molar-refractivity contribution is 0.515. The summed E-state index contributed by atoms with van der Waals surface area (Å²) in [6.45, 7) is 2.21. The highest BCUT2D eigenvalue weighted by Gasteiger charge is 2.36. The fraction of sp³-hybridized carbons (Fsp3) is 0.333. The molecule has 1 aliphatic carbocycles. The summed E-state index contributed by atoms with van der Waals surface area (Å²) < 4.78 is 6.25. The Balaban J connectivity index is 1.97. The van der Waals surface area contributed by atoms with E-state index in [2.05, 4.69) is 32.8 Å². The Hall–Kier alpha value is -0.580. The molecule has 1 aliphatic rings. The van der Waals surface area contributed by atoms with Crippen LogP contribution in [0.2, 0.25) is 10.3 Å². The monoisotopic (exact) mass is 346 g/mol. The van der Waals surface area contributed by atoms with Crippen LogP contribution in [0.25, 0.3) is 11.6 Å². The third-order valence-corrected chi connectivity index (χ3v) is 4.85. The number of rotatable bonds is 2. The van der Waals surface area contributed by atoms with Crippen molar-refractivity contribution < 1.29 is 4.42 Å². The molecule has 0 amide bonds. The number of furan rings is 1. The maximum Gasteiger partial charge on any atom is 0.198 e. The lowest BCUT2D eigenvalue weighted by atomic mass is 10.3. The van der Waals surface area contributed by atoms with Crippen molar-refractivity contribution in [3.63, 3.8) is 0 Å². The maximum absolute atomic E-state index is 5.95. The van der Waals surface area contributed by atoms with Gasteiger partial charge in [0.1, 0.15) is 16.1 Å². The van der Waals surface area contributed by atoms with E-state index in [9.17, 15) is 0 Å². The Bertz CT molecular complexity index is 591. The molecular weight excluding hydrogens is 339 g/mol. The Kier molecular flexibility index (Phi) is 3.12. The second-order valence-electron chi connectivity index (χ2n) is 4.46. The molecule has 2 heterocycles. The van der Waals surface area contributed by atoms with Crippen LogP contribution in [0.1, 0.15) is 25.0 Å². The zero-order valence-corrected chi connectivity index (χ0v) is 12.6. The van der Waals surface area contributed by atoms with Gasteiger partial charge in [0.05, 0.1) is 4.47 Å². The summed E-state index contributed by atoms with van der Waals surface area (Å²) in [6, 6.07) is 3.83. The Morgan fingerprint density at radius 1 is 1.28 bits per heavy atom. The summed E-state index contributed by atoms with van der Waals surface area (Å²) in [5.74, 6) is 3.21. The van der Waals surface area contributed by atoms with E-state index in [-0.39, 0.29) is 10.3 Å². The Morgan fingerprint density at radius 3 is 2.44 bits per heavy atom. The third-order valence-electron chi connectivity index (χ3n) is 3.09. The van der Waals surface area contributed by atoms with Gasteiger partial charge in [0.15, 0.2) is 11.6 Å². The zero-order valence-electron chi connectivity index (χ0n) is 9.45. The summed E-state index contributed by atoms with van der Waals surface area (Å²) in [7, 11) is 0. The van der Waals surface area contributed by atoms with Crippen molar-refractivity contribution in [3.8, 4) is 11.6 Å². The molecule has 0 saturated heterocycles. The van der Waals surface area contributed by atoms with Crippen molar-refractivity contribution in [3.05, 3.63) is 32.7 Å². The Morgan fingerprint density at radius 2 is 1.89 bits per heavy atom. The molecule has 0 aliphatic heterocycles. The minimum Gasteiger partial charge on any atom is -0.457 e. The normalized spacial score (nSPS) is 22.2. The first-order chi connectivity index (χ1) is 8.56. The molecule has 2 aromatic rings. The molecule has 6 heteroatoms. The maximum atomic E-state index is 5.95. The van der Waals surface area contributed by atoms with E-state index in [1.54, 1.807) is 0 Å². The zero-order chi connectivity index (χ0) is 12.9. The quantitative estimate of drug-likeness (QED) is 0.723. The smallest absolute Gasteiger partial charge is 0.198 e. The second kappa shape index (κ2) is 4.51. The van der Waals surface area contributed by atoms with Gasteiger partial charge in [-0.05, 0) is 40.4 Å². The number of hydrogen-bond acceptors (Lipinski definition) is 3. The molecule has 18 heavy (non-hydrogen) atoms. The minimum atomic E-state index is 0.280. The van der Waals surface area contributed by atoms with E-state index in [0.29, 0.717) is 27.9 Å². The predicted molar refractivity (Wildman–Crippen MR) is 74.0 cm³/mol. The SMILES string of the molecule is CC1CC1c1ccc(-c2nc(Cl)c(Br)c(Cl)n2)o1. The van der Waals surface area contributed by atoms with Gasteiger partial charge in [-0.15, -0.1) is 0 Å². The van der Waals surface area contributed by atoms with E-state index in [4.69, 9.17) is 27.6 Å². The Labute approximate surface area is 123 Å². The minimum absolute atomic E-state index is 0.280. The van der Waals surface area contributed by atoms with Crippen LogP contribution in [0.3, 0.4) is 0 Å². The van der Waals surface area contributed by atoms with Gasteiger partial charge in [0.2, 0.25) is 0 Å². The summed E-state index contributed by atoms with van der Waals surface area (Å²) in [5, 5.41) is 0.561. The third kappa shape index (κ3) is 2.17. The van der Waals surface area contributed by atoms with E-state index < -0.39 is 0 Å². The molecule has 3 rings (SSSR count). The number of nitrogens with zero attached hydrogens (tertiary/aromatic N) is 2. The lowest BCUT2D eigenvalue weighted by Gasteiger charge is -2.01. The van der Waals surface area contributed by atoms with Crippen LogP contribution >= 0.6 is 39.1 Å². The van der Waals surface area contributed by atoms with Crippen LogP contribution in [0.4, 0.5) is 0 Å². The molecule has 94 valence electrons. The van der Waals surface area contributed by atoms with Crippen molar-refractivity contribution >= 4 is 39.1 Å². The van der Waals surface area contributed by atoms with Gasteiger partial charge in [0.25, 0.3) is 0 Å². The molecule has 0 N–H and O–H groups in total. The van der Waals surface area contributed by atoms with E-state index >= 15 is 0 Å². The largest absolute Gasteiger partial charge is 0.457 e. The molecule has 2 aromatic heterocycles. The van der Waals surface area contributed by atoms with Crippen LogP contribution in [-0.4, -0.2) is 9.97 Å². The summed E-state index contributed by atoms with van der Waals surface area (Å²) in [5.41, 5.74) is 0. The molecule has 1 fully saturated rings. The first-order valence-corrected chi connectivity index (χ1v) is 7.10. The lowest BCUT2D eigenvalue weighted by Crippen LogP contribution is -1.90. The van der Waals surface area contributed by atoms with Gasteiger partial charge < -0.3 is 4.42 Å². The fourth-order valence-corrected chi connectivity index (χ4v) is 2.46. The van der Waals surface area contributed by atoms with Crippen molar-refractivity contribution in [2.24, 2.45) is 5.92 Å². The fourth-order valence-electron chi connectivity index (χ4n) is 1.90. The van der Waals surface area contributed by atoms with E-state index in [1.807, 2.05) is 12.1 Å². The molecule has 3 nitrogen and oxygen atoms in total. The van der Waals surface area contributed by atoms with Gasteiger partial charge in [-0.3, -0.25) is 0 Å². The van der Waals surface area contributed by atoms with E-state index in [0.717, 1.165) is 5.76 Å².